The first-order chi connectivity index (χ1) is 7.02. The molecule has 2 rings (SSSR count). The summed E-state index contributed by atoms with van der Waals surface area (Å²) >= 11 is 0. The summed E-state index contributed by atoms with van der Waals surface area (Å²) in [6.07, 6.45) is 0. The molecule has 2 aromatic rings. The van der Waals surface area contributed by atoms with Crippen LogP contribution in [0.15, 0.2) is 12.1 Å². The van der Waals surface area contributed by atoms with Crippen LogP contribution in [0.25, 0.3) is 10.9 Å². The molecule has 0 aliphatic carbocycles. The van der Waals surface area contributed by atoms with Crippen LogP contribution in [0.4, 0.5) is 0 Å². The molecule has 3 heteroatoms. The number of nitrogens with one attached hydrogen (secondary N) is 1. The maximum absolute atomic E-state index is 9.82. The van der Waals surface area contributed by atoms with Gasteiger partial charge < -0.3 is 15.8 Å². The minimum Gasteiger partial charge on any atom is -0.508 e. The first-order valence-corrected chi connectivity index (χ1v) is 5.08. The average Bonchev–Trinajstić information content (AvgIpc) is 2.44. The number of aromatic hydroxyl groups is 1. The lowest BCUT2D eigenvalue weighted by Crippen LogP contribution is -2.06. The molecule has 1 unspecified atom stereocenters. The van der Waals surface area contributed by atoms with Gasteiger partial charge >= 0.3 is 0 Å². The molecule has 1 heterocycles. The fourth-order valence-corrected chi connectivity index (χ4v) is 2.06. The van der Waals surface area contributed by atoms with Crippen molar-refractivity contribution in [3.63, 3.8) is 0 Å². The van der Waals surface area contributed by atoms with Crippen molar-refractivity contribution in [3.05, 3.63) is 29.0 Å². The molecule has 0 radical (unpaired) electrons. The van der Waals surface area contributed by atoms with E-state index in [-0.39, 0.29) is 11.8 Å². The van der Waals surface area contributed by atoms with Gasteiger partial charge in [0.15, 0.2) is 0 Å². The zero-order chi connectivity index (χ0) is 11.2. The second kappa shape index (κ2) is 3.28. The van der Waals surface area contributed by atoms with Crippen LogP contribution in [0, 0.1) is 13.8 Å². The molecule has 0 aliphatic rings. The minimum absolute atomic E-state index is 0.164. The van der Waals surface area contributed by atoms with Crippen LogP contribution >= 0.6 is 0 Å². The van der Waals surface area contributed by atoms with Crippen LogP contribution in [0.2, 0.25) is 0 Å². The van der Waals surface area contributed by atoms with Crippen LogP contribution in [0.1, 0.15) is 29.8 Å². The van der Waals surface area contributed by atoms with E-state index in [1.165, 1.54) is 0 Å². The van der Waals surface area contributed by atoms with Gasteiger partial charge in [0.25, 0.3) is 0 Å². The maximum atomic E-state index is 9.82. The Bertz CT molecular complexity index is 512. The highest BCUT2D eigenvalue weighted by atomic mass is 16.3. The van der Waals surface area contributed by atoms with E-state index in [1.807, 2.05) is 26.8 Å². The highest BCUT2D eigenvalue weighted by Crippen LogP contribution is 2.34. The van der Waals surface area contributed by atoms with Crippen LogP contribution in [0.5, 0.6) is 5.75 Å². The minimum atomic E-state index is -0.164. The lowest BCUT2D eigenvalue weighted by molar-refractivity contribution is 0.465. The van der Waals surface area contributed by atoms with E-state index in [9.17, 15) is 5.11 Å². The topological polar surface area (TPSA) is 62.0 Å². The van der Waals surface area contributed by atoms with Crippen molar-refractivity contribution < 1.29 is 5.11 Å². The fraction of sp³-hybridized carbons (Fsp3) is 0.333. The predicted octanol–water partition coefficient (Wildman–Crippen LogP) is 2.51. The first-order valence-electron chi connectivity index (χ1n) is 5.08. The van der Waals surface area contributed by atoms with Crippen molar-refractivity contribution in [1.82, 2.24) is 4.98 Å². The maximum Gasteiger partial charge on any atom is 0.121 e. The van der Waals surface area contributed by atoms with E-state index in [0.717, 1.165) is 27.7 Å². The SMILES string of the molecule is Cc1[nH]c2ccc(O)c(C(C)N)c2c1C. The molecule has 1 atom stereocenters. The molecular formula is C12H16N2O. The van der Waals surface area contributed by atoms with Crippen molar-refractivity contribution >= 4 is 10.9 Å². The van der Waals surface area contributed by atoms with Crippen molar-refractivity contribution in [2.24, 2.45) is 5.73 Å². The number of rotatable bonds is 1. The number of aromatic amines is 1. The number of phenols is 1. The van der Waals surface area contributed by atoms with Gasteiger partial charge in [0.05, 0.1) is 0 Å². The number of hydrogen-bond acceptors (Lipinski definition) is 2. The molecule has 0 amide bonds. The highest BCUT2D eigenvalue weighted by molar-refractivity contribution is 5.90. The molecular weight excluding hydrogens is 188 g/mol. The monoisotopic (exact) mass is 204 g/mol. The summed E-state index contributed by atoms with van der Waals surface area (Å²) in [4.78, 5) is 3.28. The quantitative estimate of drug-likeness (QED) is 0.668. The lowest BCUT2D eigenvalue weighted by atomic mass is 10.00. The van der Waals surface area contributed by atoms with Crippen molar-refractivity contribution in [2.75, 3.05) is 0 Å². The van der Waals surface area contributed by atoms with Gasteiger partial charge in [-0.25, -0.2) is 0 Å². The van der Waals surface area contributed by atoms with Crippen molar-refractivity contribution in [2.45, 2.75) is 26.8 Å². The van der Waals surface area contributed by atoms with E-state index in [0.29, 0.717) is 0 Å². The zero-order valence-corrected chi connectivity index (χ0v) is 9.26. The fourth-order valence-electron chi connectivity index (χ4n) is 2.06. The molecule has 1 aromatic carbocycles. The van der Waals surface area contributed by atoms with Gasteiger partial charge in [-0.2, -0.15) is 0 Å². The van der Waals surface area contributed by atoms with Crippen molar-refractivity contribution in [1.29, 1.82) is 0 Å². The number of phenolic OH excluding ortho intramolecular Hbond substituents is 1. The summed E-state index contributed by atoms with van der Waals surface area (Å²) in [5.74, 6) is 0.277. The summed E-state index contributed by atoms with van der Waals surface area (Å²) in [5, 5.41) is 10.9. The number of fused-ring (bicyclic) bond motifs is 1. The van der Waals surface area contributed by atoms with E-state index < -0.39 is 0 Å². The molecule has 15 heavy (non-hydrogen) atoms. The Balaban J connectivity index is 2.91. The van der Waals surface area contributed by atoms with Crippen LogP contribution in [-0.2, 0) is 0 Å². The van der Waals surface area contributed by atoms with Crippen LogP contribution in [-0.4, -0.2) is 10.1 Å². The Kier molecular flexibility index (Phi) is 2.20. The Morgan fingerprint density at radius 3 is 2.60 bits per heavy atom. The van der Waals surface area contributed by atoms with Gasteiger partial charge in [0.2, 0.25) is 0 Å². The lowest BCUT2D eigenvalue weighted by Gasteiger charge is -2.10. The average molecular weight is 204 g/mol. The third-order valence-corrected chi connectivity index (χ3v) is 2.94. The van der Waals surface area contributed by atoms with E-state index in [4.69, 9.17) is 5.73 Å². The number of hydrogen-bond donors (Lipinski definition) is 3. The third kappa shape index (κ3) is 1.39. The standard InChI is InChI=1S/C12H16N2O/c1-6-8(3)14-9-4-5-10(15)12(7(2)13)11(6)9/h4-5,7,14-15H,13H2,1-3H3. The van der Waals surface area contributed by atoms with E-state index in [2.05, 4.69) is 4.98 Å². The number of nitrogens with two attached hydrogens (primary N) is 1. The summed E-state index contributed by atoms with van der Waals surface area (Å²) in [7, 11) is 0. The molecule has 1 aromatic heterocycles. The molecule has 0 bridgehead atoms. The molecule has 0 saturated heterocycles. The normalized spacial score (nSPS) is 13.3. The van der Waals surface area contributed by atoms with Gasteiger partial charge in [-0.1, -0.05) is 0 Å². The molecule has 80 valence electrons. The molecule has 4 N–H and O–H groups in total. The van der Waals surface area contributed by atoms with E-state index >= 15 is 0 Å². The summed E-state index contributed by atoms with van der Waals surface area (Å²) in [6, 6.07) is 3.41. The molecule has 0 saturated carbocycles. The number of aryl methyl sites for hydroxylation is 2. The zero-order valence-electron chi connectivity index (χ0n) is 9.26. The van der Waals surface area contributed by atoms with Crippen molar-refractivity contribution in [3.8, 4) is 5.75 Å². The Hall–Kier alpha value is -1.48. The van der Waals surface area contributed by atoms with Gasteiger partial charge in [-0.15, -0.1) is 0 Å². The molecule has 3 nitrogen and oxygen atoms in total. The number of benzene rings is 1. The molecule has 0 aliphatic heterocycles. The molecule has 0 fully saturated rings. The smallest absolute Gasteiger partial charge is 0.121 e. The second-order valence-corrected chi connectivity index (χ2v) is 4.08. The highest BCUT2D eigenvalue weighted by Gasteiger charge is 2.15. The van der Waals surface area contributed by atoms with Crippen LogP contribution in [0.3, 0.4) is 0 Å². The Labute approximate surface area is 88.9 Å². The predicted molar refractivity (Wildman–Crippen MR) is 62.0 cm³/mol. The van der Waals surface area contributed by atoms with E-state index in [1.54, 1.807) is 6.07 Å². The van der Waals surface area contributed by atoms with Gasteiger partial charge in [-0.3, -0.25) is 0 Å². The third-order valence-electron chi connectivity index (χ3n) is 2.94. The van der Waals surface area contributed by atoms with Gasteiger partial charge in [0.1, 0.15) is 5.75 Å². The van der Waals surface area contributed by atoms with Gasteiger partial charge in [-0.05, 0) is 38.5 Å². The largest absolute Gasteiger partial charge is 0.508 e. The summed E-state index contributed by atoms with van der Waals surface area (Å²) in [6.45, 7) is 5.95. The van der Waals surface area contributed by atoms with Crippen LogP contribution < -0.4 is 5.73 Å². The van der Waals surface area contributed by atoms with Gasteiger partial charge in [0, 0.05) is 28.2 Å². The first kappa shape index (κ1) is 10.1. The summed E-state index contributed by atoms with van der Waals surface area (Å²) < 4.78 is 0. The second-order valence-electron chi connectivity index (χ2n) is 4.08. The number of H-pyrrole nitrogens is 1. The Morgan fingerprint density at radius 1 is 1.33 bits per heavy atom. The Morgan fingerprint density at radius 2 is 2.00 bits per heavy atom. The number of aromatic nitrogens is 1. The molecule has 0 spiro atoms. The summed E-state index contributed by atoms with van der Waals surface area (Å²) in [5.41, 5.74) is 10.0.